The molecule has 1 heterocycles. The normalized spacial score (nSPS) is 10.7. The van der Waals surface area contributed by atoms with E-state index in [-0.39, 0.29) is 18.8 Å². The Kier molecular flexibility index (Phi) is 7.88. The number of carbonyl (C=O) groups excluding carboxylic acids is 2. The summed E-state index contributed by atoms with van der Waals surface area (Å²) in [5.41, 5.74) is 8.22. The first-order chi connectivity index (χ1) is 14.5. The lowest BCUT2D eigenvalue weighted by atomic mass is 9.97. The van der Waals surface area contributed by atoms with Crippen LogP contribution in [0, 0.1) is 0 Å². The van der Waals surface area contributed by atoms with Gasteiger partial charge in [0.25, 0.3) is 0 Å². The third-order valence-corrected chi connectivity index (χ3v) is 4.36. The largest absolute Gasteiger partial charge is 0.493 e. The van der Waals surface area contributed by atoms with Crippen molar-refractivity contribution in [2.24, 2.45) is 5.73 Å². The van der Waals surface area contributed by atoms with E-state index in [1.54, 1.807) is 19.1 Å². The van der Waals surface area contributed by atoms with Crippen molar-refractivity contribution in [2.45, 2.75) is 13.5 Å². The molecule has 0 saturated heterocycles. The van der Waals surface area contributed by atoms with Gasteiger partial charge < -0.3 is 34.4 Å². The first-order valence-electron chi connectivity index (χ1n) is 9.14. The number of nitrogens with two attached hydrogens (primary N) is 1. The van der Waals surface area contributed by atoms with E-state index in [2.05, 4.69) is 9.72 Å². The molecular formula is C21H26N2O7. The van der Waals surface area contributed by atoms with Crippen molar-refractivity contribution in [1.82, 2.24) is 4.98 Å². The Labute approximate surface area is 174 Å². The van der Waals surface area contributed by atoms with Crippen LogP contribution in [0.3, 0.4) is 0 Å². The zero-order chi connectivity index (χ0) is 22.3. The van der Waals surface area contributed by atoms with Gasteiger partial charge in [-0.15, -0.1) is 0 Å². The SMILES string of the molecule is CCOC(=O)c1[nH]c(CN)c(-c2ccc(OC)c(OC)c2OC)c1C=CC(=O)OC. The van der Waals surface area contributed by atoms with Gasteiger partial charge in [0.2, 0.25) is 5.75 Å². The molecule has 0 spiro atoms. The number of hydrogen-bond acceptors (Lipinski definition) is 8. The number of hydrogen-bond donors (Lipinski definition) is 2. The lowest BCUT2D eigenvalue weighted by molar-refractivity contribution is -0.134. The van der Waals surface area contributed by atoms with Gasteiger partial charge in [0, 0.05) is 35.0 Å². The summed E-state index contributed by atoms with van der Waals surface area (Å²) in [6.45, 7) is 1.98. The maximum absolute atomic E-state index is 12.6. The number of aromatic amines is 1. The Morgan fingerprint density at radius 3 is 2.30 bits per heavy atom. The summed E-state index contributed by atoms with van der Waals surface area (Å²) >= 11 is 0. The standard InChI is InChI=1S/C21H26N2O7/c1-6-30-21(25)18-12(8-10-16(24)27-3)17(14(11-22)23-18)13-7-9-15(26-2)20(29-5)19(13)28-4/h7-10,23H,6,11,22H2,1-5H3. The number of methoxy groups -OCH3 is 4. The smallest absolute Gasteiger partial charge is 0.355 e. The number of rotatable bonds is 9. The molecule has 0 aliphatic rings. The number of H-pyrrole nitrogens is 1. The molecule has 0 unspecified atom stereocenters. The van der Waals surface area contributed by atoms with Crippen LogP contribution in [0.15, 0.2) is 18.2 Å². The Morgan fingerprint density at radius 1 is 1.07 bits per heavy atom. The Morgan fingerprint density at radius 2 is 1.77 bits per heavy atom. The molecule has 9 nitrogen and oxygen atoms in total. The number of nitrogens with one attached hydrogen (secondary N) is 1. The molecule has 2 aromatic rings. The van der Waals surface area contributed by atoms with E-state index in [0.717, 1.165) is 0 Å². The van der Waals surface area contributed by atoms with Crippen LogP contribution >= 0.6 is 0 Å². The van der Waals surface area contributed by atoms with Crippen LogP contribution in [0.25, 0.3) is 17.2 Å². The van der Waals surface area contributed by atoms with Gasteiger partial charge in [-0.1, -0.05) is 0 Å². The average Bonchev–Trinajstić information content (AvgIpc) is 3.14. The predicted octanol–water partition coefficient (Wildman–Crippen LogP) is 2.53. The molecule has 3 N–H and O–H groups in total. The van der Waals surface area contributed by atoms with E-state index in [1.165, 1.54) is 40.6 Å². The van der Waals surface area contributed by atoms with Crippen LogP contribution in [0.1, 0.15) is 28.7 Å². The molecule has 0 saturated carbocycles. The Bertz CT molecular complexity index is 947. The summed E-state index contributed by atoms with van der Waals surface area (Å²) in [5.74, 6) is 0.0732. The van der Waals surface area contributed by atoms with Crippen LogP contribution in [0.5, 0.6) is 17.2 Å². The number of carbonyl (C=O) groups is 2. The molecule has 0 aliphatic carbocycles. The molecule has 0 amide bonds. The van der Waals surface area contributed by atoms with Crippen LogP contribution in [-0.4, -0.2) is 52.0 Å². The van der Waals surface area contributed by atoms with Crippen molar-refractivity contribution >= 4 is 18.0 Å². The average molecular weight is 418 g/mol. The van der Waals surface area contributed by atoms with Crippen LogP contribution in [0.4, 0.5) is 0 Å². The van der Waals surface area contributed by atoms with Crippen molar-refractivity contribution < 1.29 is 33.3 Å². The fraction of sp³-hybridized carbons (Fsp3) is 0.333. The molecule has 1 aromatic carbocycles. The second kappa shape index (κ2) is 10.4. The minimum atomic E-state index is -0.581. The minimum Gasteiger partial charge on any atom is -0.493 e. The van der Waals surface area contributed by atoms with Gasteiger partial charge in [-0.3, -0.25) is 0 Å². The topological polar surface area (TPSA) is 122 Å². The molecule has 0 aliphatic heterocycles. The van der Waals surface area contributed by atoms with Crippen LogP contribution < -0.4 is 19.9 Å². The molecule has 2 rings (SSSR count). The first kappa shape index (κ1) is 22.8. The maximum atomic E-state index is 12.6. The van der Waals surface area contributed by atoms with Crippen molar-refractivity contribution in [1.29, 1.82) is 0 Å². The van der Waals surface area contributed by atoms with Gasteiger partial charge >= 0.3 is 11.9 Å². The molecule has 0 bridgehead atoms. The van der Waals surface area contributed by atoms with E-state index >= 15 is 0 Å². The van der Waals surface area contributed by atoms with Crippen LogP contribution in [-0.2, 0) is 20.8 Å². The zero-order valence-electron chi connectivity index (χ0n) is 17.7. The van der Waals surface area contributed by atoms with Gasteiger partial charge in [-0.25, -0.2) is 9.59 Å². The number of benzene rings is 1. The fourth-order valence-corrected chi connectivity index (χ4v) is 3.08. The van der Waals surface area contributed by atoms with Gasteiger partial charge in [0.1, 0.15) is 5.69 Å². The van der Waals surface area contributed by atoms with Gasteiger partial charge in [-0.05, 0) is 25.1 Å². The van der Waals surface area contributed by atoms with Gasteiger partial charge in [0.05, 0.1) is 35.0 Å². The molecule has 30 heavy (non-hydrogen) atoms. The quantitative estimate of drug-likeness (QED) is 0.471. The highest BCUT2D eigenvalue weighted by molar-refractivity contribution is 6.00. The van der Waals surface area contributed by atoms with E-state index in [4.69, 9.17) is 24.7 Å². The summed E-state index contributed by atoms with van der Waals surface area (Å²) in [7, 11) is 5.76. The first-order valence-corrected chi connectivity index (χ1v) is 9.14. The number of aromatic nitrogens is 1. The maximum Gasteiger partial charge on any atom is 0.355 e. The van der Waals surface area contributed by atoms with Gasteiger partial charge in [0.15, 0.2) is 11.5 Å². The number of ether oxygens (including phenoxy) is 5. The fourth-order valence-electron chi connectivity index (χ4n) is 3.08. The van der Waals surface area contributed by atoms with Crippen molar-refractivity contribution in [3.8, 4) is 28.4 Å². The molecule has 1 aromatic heterocycles. The van der Waals surface area contributed by atoms with Crippen molar-refractivity contribution in [3.05, 3.63) is 35.2 Å². The highest BCUT2D eigenvalue weighted by Gasteiger charge is 2.26. The Balaban J connectivity index is 2.86. The molecule has 0 fully saturated rings. The second-order valence-corrected chi connectivity index (χ2v) is 5.93. The highest BCUT2D eigenvalue weighted by atomic mass is 16.5. The molecular weight excluding hydrogens is 392 g/mol. The van der Waals surface area contributed by atoms with Crippen LogP contribution in [0.2, 0.25) is 0 Å². The lowest BCUT2D eigenvalue weighted by Crippen LogP contribution is -2.07. The van der Waals surface area contributed by atoms with Crippen molar-refractivity contribution in [2.75, 3.05) is 35.0 Å². The predicted molar refractivity (Wildman–Crippen MR) is 111 cm³/mol. The minimum absolute atomic E-state index is 0.0886. The van der Waals surface area contributed by atoms with E-state index in [1.807, 2.05) is 0 Å². The zero-order valence-corrected chi connectivity index (χ0v) is 17.7. The summed E-state index contributed by atoms with van der Waals surface area (Å²) in [6.07, 6.45) is 2.68. The summed E-state index contributed by atoms with van der Waals surface area (Å²) in [5, 5.41) is 0. The second-order valence-electron chi connectivity index (χ2n) is 5.93. The summed E-state index contributed by atoms with van der Waals surface area (Å²) < 4.78 is 26.2. The van der Waals surface area contributed by atoms with E-state index in [0.29, 0.717) is 39.6 Å². The summed E-state index contributed by atoms with van der Waals surface area (Å²) in [6, 6.07) is 3.47. The van der Waals surface area contributed by atoms with Crippen molar-refractivity contribution in [3.63, 3.8) is 0 Å². The molecule has 9 heteroatoms. The summed E-state index contributed by atoms with van der Waals surface area (Å²) in [4.78, 5) is 27.3. The third kappa shape index (κ3) is 4.41. The molecule has 162 valence electrons. The molecule has 0 radical (unpaired) electrons. The van der Waals surface area contributed by atoms with E-state index in [9.17, 15) is 9.59 Å². The number of esters is 2. The highest BCUT2D eigenvalue weighted by Crippen LogP contribution is 2.46. The molecule has 0 atom stereocenters. The lowest BCUT2D eigenvalue weighted by Gasteiger charge is -2.16. The third-order valence-electron chi connectivity index (χ3n) is 4.36. The van der Waals surface area contributed by atoms with Gasteiger partial charge in [-0.2, -0.15) is 0 Å². The van der Waals surface area contributed by atoms with E-state index < -0.39 is 11.9 Å². The Hall–Kier alpha value is -3.46. The monoisotopic (exact) mass is 418 g/mol.